The van der Waals surface area contributed by atoms with Gasteiger partial charge in [0.2, 0.25) is 5.91 Å². The first-order valence-corrected chi connectivity index (χ1v) is 9.94. The van der Waals surface area contributed by atoms with Gasteiger partial charge in [-0.05, 0) is 92.7 Å². The first-order chi connectivity index (χ1) is 12.8. The second-order valence-electron chi connectivity index (χ2n) is 6.52. The smallest absolute Gasteiger partial charge is 0.248 e. The van der Waals surface area contributed by atoms with E-state index in [1.165, 1.54) is 36.4 Å². The van der Waals surface area contributed by atoms with Crippen molar-refractivity contribution in [2.24, 2.45) is 0 Å². The Hall–Kier alpha value is -1.79. The van der Waals surface area contributed by atoms with Crippen LogP contribution in [0.15, 0.2) is 69.6 Å². The van der Waals surface area contributed by atoms with Crippen molar-refractivity contribution in [1.29, 1.82) is 0 Å². The molecule has 0 heterocycles. The van der Waals surface area contributed by atoms with E-state index in [0.29, 0.717) is 17.7 Å². The number of hydrogen-bond donors (Lipinski definition) is 1. The third kappa shape index (κ3) is 4.93. The van der Waals surface area contributed by atoms with Crippen molar-refractivity contribution in [2.75, 3.05) is 5.32 Å². The molecule has 0 bridgehead atoms. The van der Waals surface area contributed by atoms with Gasteiger partial charge in [-0.3, -0.25) is 4.79 Å². The largest absolute Gasteiger partial charge is 0.322 e. The van der Waals surface area contributed by atoms with Crippen molar-refractivity contribution in [3.05, 3.63) is 86.6 Å². The summed E-state index contributed by atoms with van der Waals surface area (Å²) in [6.07, 6.45) is 6.27. The summed E-state index contributed by atoms with van der Waals surface area (Å²) in [4.78, 5) is 11.9. The Morgan fingerprint density at radius 2 is 1.96 bits per heavy atom. The number of hydrogen-bond acceptors (Lipinski definition) is 1. The average Bonchev–Trinajstić information content (AvgIpc) is 3.29. The van der Waals surface area contributed by atoms with E-state index in [9.17, 15) is 13.6 Å². The number of carbonyl (C=O) groups is 1. The minimum atomic E-state index is -1.39. The summed E-state index contributed by atoms with van der Waals surface area (Å²) >= 11 is 6.84. The predicted molar refractivity (Wildman–Crippen MR) is 111 cm³/mol. The number of halogens is 4. The number of amides is 1. The Morgan fingerprint density at radius 1 is 1.19 bits per heavy atom. The molecular weight excluding hydrogens is 480 g/mol. The summed E-state index contributed by atoms with van der Waals surface area (Å²) in [7, 11) is 0. The summed E-state index contributed by atoms with van der Waals surface area (Å²) < 4.78 is 29.7. The number of carbonyl (C=O) groups excluding carboxylic acids is 1. The van der Waals surface area contributed by atoms with Crippen molar-refractivity contribution in [1.82, 2.24) is 0 Å². The molecule has 2 unspecified atom stereocenters. The lowest BCUT2D eigenvalue weighted by atomic mass is 10.1. The molecule has 2 nitrogen and oxygen atoms in total. The highest BCUT2D eigenvalue weighted by Crippen LogP contribution is 2.56. The molecule has 0 saturated heterocycles. The van der Waals surface area contributed by atoms with Crippen LogP contribution < -0.4 is 5.32 Å². The number of benzene rings is 2. The third-order valence-corrected chi connectivity index (χ3v) is 6.34. The van der Waals surface area contributed by atoms with E-state index in [4.69, 9.17) is 0 Å². The quantitative estimate of drug-likeness (QED) is 0.366. The van der Waals surface area contributed by atoms with Crippen LogP contribution in [0.1, 0.15) is 23.5 Å². The fourth-order valence-corrected chi connectivity index (χ4v) is 3.51. The lowest BCUT2D eigenvalue weighted by Crippen LogP contribution is -2.09. The molecule has 1 N–H and O–H groups in total. The molecule has 0 aromatic heterocycles. The van der Waals surface area contributed by atoms with Crippen LogP contribution in [0.4, 0.5) is 14.5 Å². The van der Waals surface area contributed by atoms with Gasteiger partial charge in [0.15, 0.2) is 0 Å². The Balaban J connectivity index is 1.57. The van der Waals surface area contributed by atoms with E-state index < -0.39 is 5.67 Å². The highest BCUT2D eigenvalue weighted by Gasteiger charge is 2.54. The summed E-state index contributed by atoms with van der Waals surface area (Å²) in [5, 5.41) is 2.67. The summed E-state index contributed by atoms with van der Waals surface area (Å²) in [6, 6.07) is 9.85. The van der Waals surface area contributed by atoms with Gasteiger partial charge >= 0.3 is 0 Å². The Morgan fingerprint density at radius 3 is 2.67 bits per heavy atom. The van der Waals surface area contributed by atoms with E-state index >= 15 is 0 Å². The molecule has 140 valence electrons. The monoisotopic (exact) mass is 495 g/mol. The van der Waals surface area contributed by atoms with E-state index in [2.05, 4.69) is 37.2 Å². The molecule has 2 aromatic carbocycles. The van der Waals surface area contributed by atoms with Crippen LogP contribution in [-0.2, 0) is 4.79 Å². The van der Waals surface area contributed by atoms with E-state index in [1.807, 2.05) is 18.2 Å². The lowest BCUT2D eigenvalue weighted by Gasteiger charge is -2.05. The van der Waals surface area contributed by atoms with Gasteiger partial charge < -0.3 is 5.32 Å². The van der Waals surface area contributed by atoms with Crippen molar-refractivity contribution in [2.45, 2.75) is 24.9 Å². The van der Waals surface area contributed by atoms with Crippen LogP contribution in [0.5, 0.6) is 0 Å². The predicted octanol–water partition coefficient (Wildman–Crippen LogP) is 6.61. The lowest BCUT2D eigenvalue weighted by molar-refractivity contribution is -0.111. The maximum atomic E-state index is 14.8. The second-order valence-corrected chi connectivity index (χ2v) is 8.23. The van der Waals surface area contributed by atoms with Gasteiger partial charge in [-0.1, -0.05) is 18.2 Å². The molecular formula is C21H17Br2F2NO. The minimum Gasteiger partial charge on any atom is -0.322 e. The van der Waals surface area contributed by atoms with Crippen LogP contribution in [0.3, 0.4) is 0 Å². The summed E-state index contributed by atoms with van der Waals surface area (Å²) in [5.74, 6) is -0.886. The molecule has 0 radical (unpaired) electrons. The van der Waals surface area contributed by atoms with Crippen molar-refractivity contribution >= 4 is 43.5 Å². The molecule has 2 aromatic rings. The number of aryl methyl sites for hydroxylation is 1. The molecule has 3 rings (SSSR count). The maximum absolute atomic E-state index is 14.8. The normalized spacial score (nSPS) is 21.7. The minimum absolute atomic E-state index is 0.178. The third-order valence-electron chi connectivity index (χ3n) is 4.46. The maximum Gasteiger partial charge on any atom is 0.248 e. The SMILES string of the molecule is Cc1cc(F)ccc1NC(=O)/C=C/C=C/C1(F)CC1c1ccc(Br)c(Br)c1. The highest BCUT2D eigenvalue weighted by molar-refractivity contribution is 9.13. The van der Waals surface area contributed by atoms with Gasteiger partial charge in [0, 0.05) is 26.6 Å². The second kappa shape index (κ2) is 8.07. The zero-order valence-electron chi connectivity index (χ0n) is 14.5. The summed E-state index contributed by atoms with van der Waals surface area (Å²) in [5.41, 5.74) is 0.726. The van der Waals surface area contributed by atoms with Gasteiger partial charge in [-0.15, -0.1) is 0 Å². The van der Waals surface area contributed by atoms with Crippen LogP contribution in [0.2, 0.25) is 0 Å². The molecule has 1 amide bonds. The first-order valence-electron chi connectivity index (χ1n) is 8.35. The molecule has 1 fully saturated rings. The van der Waals surface area contributed by atoms with Gasteiger partial charge in [0.1, 0.15) is 11.5 Å². The van der Waals surface area contributed by atoms with Crippen LogP contribution >= 0.6 is 31.9 Å². The average molecular weight is 497 g/mol. The Bertz CT molecular complexity index is 942. The molecule has 27 heavy (non-hydrogen) atoms. The van der Waals surface area contributed by atoms with Crippen LogP contribution in [0, 0.1) is 12.7 Å². The van der Waals surface area contributed by atoms with Crippen LogP contribution in [-0.4, -0.2) is 11.6 Å². The van der Waals surface area contributed by atoms with Crippen molar-refractivity contribution < 1.29 is 13.6 Å². The number of anilines is 1. The van der Waals surface area contributed by atoms with E-state index in [-0.39, 0.29) is 17.6 Å². The van der Waals surface area contributed by atoms with Gasteiger partial charge in [0.25, 0.3) is 0 Å². The van der Waals surface area contributed by atoms with Crippen molar-refractivity contribution in [3.63, 3.8) is 0 Å². The molecule has 6 heteroatoms. The van der Waals surface area contributed by atoms with E-state index in [0.717, 1.165) is 14.5 Å². The molecule has 1 aliphatic carbocycles. The molecule has 1 aliphatic rings. The Labute approximate surface area is 173 Å². The van der Waals surface area contributed by atoms with Crippen LogP contribution in [0.25, 0.3) is 0 Å². The highest BCUT2D eigenvalue weighted by atomic mass is 79.9. The standard InChI is InChI=1S/C21H17Br2F2NO/c1-13-10-15(24)6-8-19(13)26-20(27)4-2-3-9-21(25)12-16(21)14-5-7-17(22)18(23)11-14/h2-11,16H,12H2,1H3,(H,26,27)/b4-2+,9-3+. The summed E-state index contributed by atoms with van der Waals surface area (Å²) in [6.45, 7) is 1.71. The van der Waals surface area contributed by atoms with Crippen molar-refractivity contribution in [3.8, 4) is 0 Å². The van der Waals surface area contributed by atoms with E-state index in [1.54, 1.807) is 13.0 Å². The molecule has 0 spiro atoms. The zero-order valence-corrected chi connectivity index (χ0v) is 17.7. The van der Waals surface area contributed by atoms with Gasteiger partial charge in [0.05, 0.1) is 0 Å². The van der Waals surface area contributed by atoms with Gasteiger partial charge in [-0.25, -0.2) is 8.78 Å². The molecule has 1 saturated carbocycles. The number of nitrogens with one attached hydrogen (secondary N) is 1. The number of alkyl halides is 1. The molecule has 2 atom stereocenters. The zero-order chi connectivity index (χ0) is 19.6. The Kier molecular flexibility index (Phi) is 5.96. The molecule has 0 aliphatic heterocycles. The first kappa shape index (κ1) is 20.0. The number of allylic oxidation sites excluding steroid dienone is 3. The van der Waals surface area contributed by atoms with Gasteiger partial charge in [-0.2, -0.15) is 0 Å². The fraction of sp³-hybridized carbons (Fsp3) is 0.190. The topological polar surface area (TPSA) is 29.1 Å². The number of rotatable bonds is 5. The fourth-order valence-electron chi connectivity index (χ4n) is 2.86.